The van der Waals surface area contributed by atoms with Gasteiger partial charge in [-0.3, -0.25) is 19.7 Å². The second kappa shape index (κ2) is 13.2. The number of carbonyl (C=O) groups is 5. The van der Waals surface area contributed by atoms with Gasteiger partial charge in [-0.15, -0.1) is 0 Å². The van der Waals surface area contributed by atoms with E-state index in [1.165, 1.54) is 0 Å². The Morgan fingerprint density at radius 3 is 2.14 bits per heavy atom. The van der Waals surface area contributed by atoms with Crippen molar-refractivity contribution in [2.24, 2.45) is 40.2 Å². The Kier molecular flexibility index (Phi) is 10.2. The summed E-state index contributed by atoms with van der Waals surface area (Å²) in [6.07, 6.45) is 3.59. The van der Waals surface area contributed by atoms with E-state index in [1.54, 1.807) is 4.90 Å². The molecule has 4 aliphatic rings. The van der Waals surface area contributed by atoms with Gasteiger partial charge in [0.25, 0.3) is 5.91 Å². The average molecular weight is 621 g/mol. The van der Waals surface area contributed by atoms with Crippen LogP contribution in [-0.4, -0.2) is 89.8 Å². The average Bonchev–Trinajstić information content (AvgIpc) is 3.81. The lowest BCUT2D eigenvalue weighted by molar-refractivity contribution is -0.142. The molecule has 1 aliphatic heterocycles. The largest absolute Gasteiger partial charge is 0.447 e. The molecule has 0 bridgehead atoms. The number of rotatable bonds is 14. The molecule has 5 amide bonds. The first kappa shape index (κ1) is 34.0. The number of nitrogens with zero attached hydrogens (tertiary/aromatic N) is 1. The maximum atomic E-state index is 14.1. The molecule has 44 heavy (non-hydrogen) atoms. The molecule has 1 saturated heterocycles. The molecular weight excluding hydrogens is 568 g/mol. The van der Waals surface area contributed by atoms with Crippen molar-refractivity contribution < 1.29 is 33.8 Å². The highest BCUT2D eigenvalue weighted by Crippen LogP contribution is 2.51. The maximum absolute atomic E-state index is 14.1. The summed E-state index contributed by atoms with van der Waals surface area (Å²) >= 11 is 0. The van der Waals surface area contributed by atoms with Crippen LogP contribution in [0.1, 0.15) is 80.1 Å². The molecule has 4 fully saturated rings. The van der Waals surface area contributed by atoms with Crippen LogP contribution in [0.5, 0.6) is 0 Å². The Hall–Kier alpha value is -2.93. The van der Waals surface area contributed by atoms with Crippen molar-refractivity contribution in [3.05, 3.63) is 0 Å². The maximum Gasteiger partial charge on any atom is 0.407 e. The molecule has 13 nitrogen and oxygen atoms in total. The third-order valence-electron chi connectivity index (χ3n) is 9.36. The van der Waals surface area contributed by atoms with Gasteiger partial charge in [-0.25, -0.2) is 9.59 Å². The number of urea groups is 1. The van der Waals surface area contributed by atoms with Gasteiger partial charge >= 0.3 is 12.1 Å². The normalized spacial score (nSPS) is 25.6. The van der Waals surface area contributed by atoms with E-state index in [0.717, 1.165) is 32.1 Å². The highest BCUT2D eigenvalue weighted by molar-refractivity contribution is 6.37. The van der Waals surface area contributed by atoms with Crippen LogP contribution in [0.2, 0.25) is 0 Å². The van der Waals surface area contributed by atoms with E-state index in [1.807, 2.05) is 41.5 Å². The van der Waals surface area contributed by atoms with Crippen molar-refractivity contribution in [1.29, 1.82) is 0 Å². The molecule has 0 radical (unpaired) electrons. The minimum absolute atomic E-state index is 0.0387. The third-order valence-corrected chi connectivity index (χ3v) is 9.36. The number of alkyl carbamates (subject to hydrolysis) is 1. The number of aliphatic hydroxyl groups is 1. The number of nitrogens with one attached hydrogen (secondary N) is 4. The molecule has 3 saturated carbocycles. The number of fused-ring (bicyclic) bond motifs is 1. The van der Waals surface area contributed by atoms with Crippen LogP contribution in [0.4, 0.5) is 9.59 Å². The number of hydrogen-bond acceptors (Lipinski definition) is 8. The molecule has 4 rings (SSSR count). The Morgan fingerprint density at radius 2 is 1.59 bits per heavy atom. The van der Waals surface area contributed by atoms with E-state index in [2.05, 4.69) is 21.3 Å². The van der Waals surface area contributed by atoms with Crippen LogP contribution in [0, 0.1) is 34.5 Å². The van der Waals surface area contributed by atoms with Gasteiger partial charge in [-0.2, -0.15) is 0 Å². The van der Waals surface area contributed by atoms with Crippen molar-refractivity contribution in [2.75, 3.05) is 19.7 Å². The number of Topliss-reactive ketones (excluding diaryl/α,β-unsaturated/α-hetero) is 1. The number of ketones is 1. The third kappa shape index (κ3) is 9.06. The summed E-state index contributed by atoms with van der Waals surface area (Å²) in [5, 5.41) is 22.7. The van der Waals surface area contributed by atoms with Gasteiger partial charge in [-0.1, -0.05) is 54.4 Å². The van der Waals surface area contributed by atoms with Crippen LogP contribution in [0.15, 0.2) is 0 Å². The number of ether oxygens (including phenoxy) is 1. The number of piperidine rings is 1. The zero-order chi connectivity index (χ0) is 32.6. The van der Waals surface area contributed by atoms with Gasteiger partial charge in [0, 0.05) is 13.1 Å². The number of nitrogens with two attached hydrogens (primary N) is 1. The second-order valence-corrected chi connectivity index (χ2v) is 15.5. The summed E-state index contributed by atoms with van der Waals surface area (Å²) in [6, 6.07) is -3.58. The van der Waals surface area contributed by atoms with Gasteiger partial charge in [-0.05, 0) is 60.2 Å². The Labute approximate surface area is 260 Å². The number of primary amides is 1. The molecule has 5 unspecified atom stereocenters. The lowest BCUT2D eigenvalue weighted by atomic mass is 9.85. The molecule has 0 aromatic rings. The molecule has 7 atom stereocenters. The smallest absolute Gasteiger partial charge is 0.407 e. The second-order valence-electron chi connectivity index (χ2n) is 15.5. The number of amides is 5. The summed E-state index contributed by atoms with van der Waals surface area (Å²) in [6.45, 7) is 12.3. The molecule has 248 valence electrons. The standard InChI is InChI=1S/C31H52N6O7/c1-30(2,3)21(15-44-29(43)33-13-17-9-10-17)35-28(42)36-24(31(4,5)6)27(41)37-14-18-12-19(18)22(37)26(40)34-20(11-16-7-8-16)23(38)25(32)39/h16-22,24,26,34,40H,7-15H2,1-6H3,(H2,32,39)(H,33,43)(H2,35,36,42)/t18-,19?,20?,21+,22?,24?,26?/m0/s1. The first-order valence-electron chi connectivity index (χ1n) is 16.0. The van der Waals surface area contributed by atoms with Crippen molar-refractivity contribution >= 4 is 29.7 Å². The van der Waals surface area contributed by atoms with Crippen molar-refractivity contribution in [3.63, 3.8) is 0 Å². The summed E-state index contributed by atoms with van der Waals surface area (Å²) in [7, 11) is 0. The Bertz CT molecular complexity index is 1110. The molecular formula is C31H52N6O7. The Balaban J connectivity index is 1.40. The topological polar surface area (TPSA) is 192 Å². The van der Waals surface area contributed by atoms with E-state index < -0.39 is 65.0 Å². The fraction of sp³-hybridized carbons (Fsp3) is 0.839. The van der Waals surface area contributed by atoms with Crippen molar-refractivity contribution in [2.45, 2.75) is 110 Å². The fourth-order valence-corrected chi connectivity index (χ4v) is 5.97. The Morgan fingerprint density at radius 1 is 0.955 bits per heavy atom. The lowest BCUT2D eigenvalue weighted by Gasteiger charge is -2.39. The summed E-state index contributed by atoms with van der Waals surface area (Å²) < 4.78 is 5.40. The van der Waals surface area contributed by atoms with Gasteiger partial charge in [0.05, 0.1) is 18.1 Å². The first-order chi connectivity index (χ1) is 20.5. The number of carbonyl (C=O) groups excluding carboxylic acids is 5. The van der Waals surface area contributed by atoms with E-state index in [4.69, 9.17) is 10.5 Å². The highest BCUT2D eigenvalue weighted by Gasteiger charge is 2.58. The molecule has 3 aliphatic carbocycles. The number of likely N-dealkylation sites (tertiary alicyclic amines) is 1. The summed E-state index contributed by atoms with van der Waals surface area (Å²) in [5.74, 6) is -1.09. The predicted octanol–water partition coefficient (Wildman–Crippen LogP) is 1.23. The number of aliphatic hydroxyl groups excluding tert-OH is 1. The van der Waals surface area contributed by atoms with Crippen LogP contribution in [0.3, 0.4) is 0 Å². The summed E-state index contributed by atoms with van der Waals surface area (Å²) in [4.78, 5) is 65.4. The molecule has 13 heteroatoms. The monoisotopic (exact) mass is 620 g/mol. The van der Waals surface area contributed by atoms with Crippen LogP contribution in [-0.2, 0) is 19.1 Å². The fourth-order valence-electron chi connectivity index (χ4n) is 5.97. The quantitative estimate of drug-likeness (QED) is 0.123. The summed E-state index contributed by atoms with van der Waals surface area (Å²) in [5.41, 5.74) is 4.14. The molecule has 7 N–H and O–H groups in total. The zero-order valence-electron chi connectivity index (χ0n) is 27.0. The minimum Gasteiger partial charge on any atom is -0.447 e. The molecule has 0 aromatic heterocycles. The first-order valence-corrected chi connectivity index (χ1v) is 16.0. The van der Waals surface area contributed by atoms with Crippen LogP contribution >= 0.6 is 0 Å². The minimum atomic E-state index is -1.24. The zero-order valence-corrected chi connectivity index (χ0v) is 27.0. The van der Waals surface area contributed by atoms with Gasteiger partial charge in [0.15, 0.2) is 0 Å². The molecule has 0 aromatic carbocycles. The number of hydrogen-bond donors (Lipinski definition) is 6. The van der Waals surface area contributed by atoms with Gasteiger partial charge in [0.1, 0.15) is 18.9 Å². The van der Waals surface area contributed by atoms with E-state index in [-0.39, 0.29) is 24.3 Å². The van der Waals surface area contributed by atoms with Crippen molar-refractivity contribution in [1.82, 2.24) is 26.2 Å². The lowest BCUT2D eigenvalue weighted by Crippen LogP contribution is -2.63. The molecule has 1 heterocycles. The predicted molar refractivity (Wildman–Crippen MR) is 162 cm³/mol. The molecule has 0 spiro atoms. The SMILES string of the molecule is CC(C)(C)C(NC(=O)N[C@H](COC(=O)NCC1CC1)C(C)(C)C)C(=O)N1C[C@@H]2CC2C1C(O)NC(CC1CC1)C(=O)C(N)=O. The van der Waals surface area contributed by atoms with Gasteiger partial charge < -0.3 is 36.4 Å². The van der Waals surface area contributed by atoms with Crippen molar-refractivity contribution in [3.8, 4) is 0 Å². The van der Waals surface area contributed by atoms with E-state index in [0.29, 0.717) is 31.3 Å². The van der Waals surface area contributed by atoms with Crippen LogP contribution < -0.4 is 27.0 Å². The van der Waals surface area contributed by atoms with E-state index >= 15 is 0 Å². The van der Waals surface area contributed by atoms with E-state index in [9.17, 15) is 29.1 Å². The van der Waals surface area contributed by atoms with Gasteiger partial charge in [0.2, 0.25) is 11.7 Å². The van der Waals surface area contributed by atoms with Crippen LogP contribution in [0.25, 0.3) is 0 Å². The highest BCUT2D eigenvalue weighted by atomic mass is 16.5.